The van der Waals surface area contributed by atoms with Gasteiger partial charge in [-0.3, -0.25) is 9.48 Å². The largest absolute Gasteiger partial charge is 0.334 e. The van der Waals surface area contributed by atoms with Gasteiger partial charge in [0.15, 0.2) is 0 Å². The minimum atomic E-state index is 0.0973. The Bertz CT molecular complexity index is 908. The van der Waals surface area contributed by atoms with E-state index in [4.69, 9.17) is 0 Å². The van der Waals surface area contributed by atoms with Crippen molar-refractivity contribution in [1.82, 2.24) is 24.5 Å². The first-order chi connectivity index (χ1) is 12.6. The third-order valence-corrected chi connectivity index (χ3v) is 4.99. The van der Waals surface area contributed by atoms with Crippen LogP contribution in [0.25, 0.3) is 5.69 Å². The maximum absolute atomic E-state index is 13.0. The van der Waals surface area contributed by atoms with Gasteiger partial charge in [0.1, 0.15) is 0 Å². The Balaban J connectivity index is 1.50. The van der Waals surface area contributed by atoms with Gasteiger partial charge in [0.25, 0.3) is 5.91 Å². The molecule has 1 saturated heterocycles. The van der Waals surface area contributed by atoms with Crippen LogP contribution in [0, 0.1) is 13.8 Å². The number of aryl methyl sites for hydroxylation is 2. The molecule has 1 aliphatic rings. The fraction of sp³-hybridized carbons (Fsp3) is 0.350. The highest BCUT2D eigenvalue weighted by Crippen LogP contribution is 2.22. The average Bonchev–Trinajstić information content (AvgIpc) is 3.37. The van der Waals surface area contributed by atoms with Crippen LogP contribution < -0.4 is 0 Å². The monoisotopic (exact) mass is 349 g/mol. The van der Waals surface area contributed by atoms with Crippen LogP contribution in [0.3, 0.4) is 0 Å². The van der Waals surface area contributed by atoms with E-state index >= 15 is 0 Å². The van der Waals surface area contributed by atoms with E-state index in [1.807, 2.05) is 70.8 Å². The number of amides is 1. The van der Waals surface area contributed by atoms with Crippen molar-refractivity contribution in [2.75, 3.05) is 6.54 Å². The van der Waals surface area contributed by atoms with Gasteiger partial charge < -0.3 is 4.90 Å². The summed E-state index contributed by atoms with van der Waals surface area (Å²) in [5.41, 5.74) is 3.90. The van der Waals surface area contributed by atoms with Gasteiger partial charge in [-0.2, -0.15) is 10.2 Å². The number of benzene rings is 1. The van der Waals surface area contributed by atoms with Crippen molar-refractivity contribution in [3.8, 4) is 5.69 Å². The van der Waals surface area contributed by atoms with Crippen molar-refractivity contribution >= 4 is 5.91 Å². The summed E-state index contributed by atoms with van der Waals surface area (Å²) in [5.74, 6) is 0.0973. The fourth-order valence-electron chi connectivity index (χ4n) is 3.63. The van der Waals surface area contributed by atoms with E-state index < -0.39 is 0 Å². The number of aromatic nitrogens is 4. The number of carbonyl (C=O) groups is 1. The molecule has 3 aromatic rings. The lowest BCUT2D eigenvalue weighted by Crippen LogP contribution is -2.38. The number of rotatable bonds is 4. The fourth-order valence-corrected chi connectivity index (χ4v) is 3.63. The number of likely N-dealkylation sites (tertiary alicyclic amines) is 1. The first kappa shape index (κ1) is 16.6. The van der Waals surface area contributed by atoms with Crippen molar-refractivity contribution in [2.45, 2.75) is 39.3 Å². The molecule has 0 bridgehead atoms. The molecule has 0 radical (unpaired) electrons. The Morgan fingerprint density at radius 3 is 2.62 bits per heavy atom. The lowest BCUT2D eigenvalue weighted by molar-refractivity contribution is 0.0721. The standard InChI is InChI=1S/C20H23N5O/c1-15-12-22-23(13-15)14-19-4-3-11-24(19)20(26)17-5-7-18(8-6-17)25-16(2)9-10-21-25/h5-10,12-13,19H,3-4,11,14H2,1-2H3/t19-/m1/s1. The average molecular weight is 349 g/mol. The molecule has 6 heteroatoms. The Morgan fingerprint density at radius 2 is 1.96 bits per heavy atom. The zero-order chi connectivity index (χ0) is 18.1. The smallest absolute Gasteiger partial charge is 0.254 e. The molecule has 2 aromatic heterocycles. The van der Waals surface area contributed by atoms with E-state index in [2.05, 4.69) is 10.2 Å². The summed E-state index contributed by atoms with van der Waals surface area (Å²) < 4.78 is 3.81. The van der Waals surface area contributed by atoms with Crippen molar-refractivity contribution < 1.29 is 4.79 Å². The van der Waals surface area contributed by atoms with Crippen LogP contribution in [0.2, 0.25) is 0 Å². The molecule has 4 rings (SSSR count). The topological polar surface area (TPSA) is 56.0 Å². The van der Waals surface area contributed by atoms with Gasteiger partial charge in [-0.1, -0.05) is 0 Å². The maximum atomic E-state index is 13.0. The molecule has 0 aliphatic carbocycles. The molecule has 1 atom stereocenters. The van der Waals surface area contributed by atoms with E-state index in [0.717, 1.165) is 48.4 Å². The molecular formula is C20H23N5O. The molecule has 134 valence electrons. The molecule has 1 aromatic carbocycles. The summed E-state index contributed by atoms with van der Waals surface area (Å²) in [6.45, 7) is 5.61. The van der Waals surface area contributed by atoms with Crippen LogP contribution in [0.15, 0.2) is 48.9 Å². The zero-order valence-corrected chi connectivity index (χ0v) is 15.2. The van der Waals surface area contributed by atoms with Crippen LogP contribution in [0.5, 0.6) is 0 Å². The van der Waals surface area contributed by atoms with Crippen LogP contribution in [-0.2, 0) is 6.54 Å². The molecule has 0 unspecified atom stereocenters. The van der Waals surface area contributed by atoms with E-state index in [0.29, 0.717) is 0 Å². The second kappa shape index (κ2) is 6.78. The van der Waals surface area contributed by atoms with Crippen LogP contribution in [0.4, 0.5) is 0 Å². The second-order valence-corrected chi connectivity index (χ2v) is 6.97. The molecule has 1 amide bonds. The van der Waals surface area contributed by atoms with Crippen LogP contribution in [-0.4, -0.2) is 43.0 Å². The summed E-state index contributed by atoms with van der Waals surface area (Å²) in [7, 11) is 0. The summed E-state index contributed by atoms with van der Waals surface area (Å²) >= 11 is 0. The van der Waals surface area contributed by atoms with E-state index in [1.54, 1.807) is 6.20 Å². The second-order valence-electron chi connectivity index (χ2n) is 6.97. The predicted molar refractivity (Wildman–Crippen MR) is 99.3 cm³/mol. The molecule has 3 heterocycles. The van der Waals surface area contributed by atoms with Gasteiger partial charge in [0.05, 0.1) is 24.5 Å². The van der Waals surface area contributed by atoms with Gasteiger partial charge in [-0.15, -0.1) is 0 Å². The highest BCUT2D eigenvalue weighted by atomic mass is 16.2. The first-order valence-electron chi connectivity index (χ1n) is 9.03. The lowest BCUT2D eigenvalue weighted by atomic mass is 10.1. The van der Waals surface area contributed by atoms with Crippen molar-refractivity contribution in [2.24, 2.45) is 0 Å². The van der Waals surface area contributed by atoms with E-state index in [1.165, 1.54) is 0 Å². The molecule has 0 spiro atoms. The van der Waals surface area contributed by atoms with Gasteiger partial charge in [-0.25, -0.2) is 4.68 Å². The summed E-state index contributed by atoms with van der Waals surface area (Å²) in [4.78, 5) is 15.0. The number of carbonyl (C=O) groups excluding carboxylic acids is 1. The summed E-state index contributed by atoms with van der Waals surface area (Å²) in [6, 6.07) is 9.86. The summed E-state index contributed by atoms with van der Waals surface area (Å²) in [6.07, 6.45) is 7.73. The van der Waals surface area contributed by atoms with Crippen molar-refractivity contribution in [1.29, 1.82) is 0 Å². The number of nitrogens with zero attached hydrogens (tertiary/aromatic N) is 5. The van der Waals surface area contributed by atoms with E-state index in [9.17, 15) is 4.79 Å². The molecular weight excluding hydrogens is 326 g/mol. The normalized spacial score (nSPS) is 17.0. The SMILES string of the molecule is Cc1cnn(C[C@H]2CCCN2C(=O)c2ccc(-n3nccc3C)cc2)c1. The van der Waals surface area contributed by atoms with Crippen LogP contribution in [0.1, 0.15) is 34.5 Å². The van der Waals surface area contributed by atoms with Gasteiger partial charge in [-0.05, 0) is 62.6 Å². The minimum absolute atomic E-state index is 0.0973. The minimum Gasteiger partial charge on any atom is -0.334 e. The Hall–Kier alpha value is -2.89. The van der Waals surface area contributed by atoms with Crippen molar-refractivity contribution in [3.63, 3.8) is 0 Å². The Morgan fingerprint density at radius 1 is 1.15 bits per heavy atom. The Kier molecular flexibility index (Phi) is 4.32. The van der Waals surface area contributed by atoms with Crippen molar-refractivity contribution in [3.05, 3.63) is 65.7 Å². The van der Waals surface area contributed by atoms with Crippen LogP contribution >= 0.6 is 0 Å². The number of hydrogen-bond donors (Lipinski definition) is 0. The molecule has 1 aliphatic heterocycles. The van der Waals surface area contributed by atoms with Gasteiger partial charge in [0.2, 0.25) is 0 Å². The van der Waals surface area contributed by atoms with Gasteiger partial charge in [0, 0.05) is 30.2 Å². The third-order valence-electron chi connectivity index (χ3n) is 4.99. The molecule has 0 saturated carbocycles. The number of hydrogen-bond acceptors (Lipinski definition) is 3. The highest BCUT2D eigenvalue weighted by molar-refractivity contribution is 5.94. The summed E-state index contributed by atoms with van der Waals surface area (Å²) in [5, 5.41) is 8.67. The van der Waals surface area contributed by atoms with Gasteiger partial charge >= 0.3 is 0 Å². The predicted octanol–water partition coefficient (Wildman–Crippen LogP) is 2.99. The molecule has 1 fully saturated rings. The first-order valence-corrected chi connectivity index (χ1v) is 9.03. The van der Waals surface area contributed by atoms with E-state index in [-0.39, 0.29) is 11.9 Å². The third kappa shape index (κ3) is 3.14. The lowest BCUT2D eigenvalue weighted by Gasteiger charge is -2.25. The highest BCUT2D eigenvalue weighted by Gasteiger charge is 2.29. The quantitative estimate of drug-likeness (QED) is 0.728. The maximum Gasteiger partial charge on any atom is 0.254 e. The molecule has 6 nitrogen and oxygen atoms in total. The molecule has 0 N–H and O–H groups in total. The zero-order valence-electron chi connectivity index (χ0n) is 15.2. The Labute approximate surface area is 153 Å². The molecule has 26 heavy (non-hydrogen) atoms.